The predicted octanol–water partition coefficient (Wildman–Crippen LogP) is 18.0. The molecule has 0 radical (unpaired) electrons. The zero-order chi connectivity index (χ0) is 93.5. The first-order chi connectivity index (χ1) is 63.2. The fraction of sp³-hybridized carbons (Fsp3) is 0.230. The third-order valence-corrected chi connectivity index (χ3v) is 21.3. The van der Waals surface area contributed by atoms with Gasteiger partial charge in [-0.15, -0.1) is 0 Å². The Balaban J connectivity index is 0.000000149. The van der Waals surface area contributed by atoms with Gasteiger partial charge in [0.25, 0.3) is 0 Å². The molecular formula is C100H100N6O25. The van der Waals surface area contributed by atoms with Crippen molar-refractivity contribution in [2.24, 2.45) is 0 Å². The molecule has 0 amide bonds. The van der Waals surface area contributed by atoms with Crippen LogP contribution < -0.4 is 100.0 Å². The summed E-state index contributed by atoms with van der Waals surface area (Å²) in [6.07, 6.45) is 3.86. The van der Waals surface area contributed by atoms with Crippen molar-refractivity contribution >= 4 is 124 Å². The summed E-state index contributed by atoms with van der Waals surface area (Å²) >= 11 is 0. The van der Waals surface area contributed by atoms with Gasteiger partial charge in [-0.05, 0) is 154 Å². The van der Waals surface area contributed by atoms with E-state index in [4.69, 9.17) is 74.2 Å². The lowest BCUT2D eigenvalue weighted by molar-refractivity contribution is -0.145. The Hall–Kier alpha value is -16.1. The van der Waals surface area contributed by atoms with Gasteiger partial charge in [-0.2, -0.15) is 0 Å². The molecule has 10 aromatic carbocycles. The van der Waals surface area contributed by atoms with E-state index in [-0.39, 0.29) is 30.3 Å². The van der Waals surface area contributed by atoms with Crippen molar-refractivity contribution in [3.63, 3.8) is 0 Å². The minimum absolute atomic E-state index is 0.0239. The molecule has 31 heteroatoms. The van der Waals surface area contributed by atoms with Crippen LogP contribution in [0.2, 0.25) is 0 Å². The van der Waals surface area contributed by atoms with E-state index in [9.17, 15) is 43.8 Å². The summed E-state index contributed by atoms with van der Waals surface area (Å²) in [5, 5.41) is 23.9. The summed E-state index contributed by atoms with van der Waals surface area (Å²) in [5.74, 6) is 4.13. The number of phenolic OH excluding ortho intramolecular Hbond substituents is 2. The number of phenols is 2. The zero-order valence-corrected chi connectivity index (χ0v) is 74.8. The number of aromatic hydroxyl groups is 2. The standard InChI is InChI=1S/C24H28N2O4.C22H23NO7.C19H17NO5.C18H17NO5.C17H15NO4/c1-25(20-17-24(27)30-21-9-5-4-8-19(20)21)18-10-11-22(28-2)23(16-18)29-15-14-26-12-6-3-7-13-26;1-5-28-22(25)13-29-20-10-14(6-9-18(20)27-4)23(2)17-12-21(24)30-19-11-15(26-3)7-8-16(17)19;1-12(21)24-18-10-13(8-9-17(18)23-3)20(2)15-11-19(22)25-16-7-5-4-6-14(15)16;1-19(11-4-7-16(23-3)15(20)8-11)14-10-18(21)24-17-9-12(22-2)5-6-13(14)17;1-18(11-7-8-16(21-2)14(19)9-11)13-10-17(20)22-15-6-4-3-5-12(13)15/h4-5,8-11,16-17H,3,6-7,12-15H2,1-2H3;6-12H,5,13H2,1-4H3;4-11H,1-3H3;4-10,20H,1-3H3;3-10,19H,1-2H3. The summed E-state index contributed by atoms with van der Waals surface area (Å²) < 4.78 is 84.6. The first-order valence-electron chi connectivity index (χ1n) is 41.4. The van der Waals surface area contributed by atoms with Crippen LogP contribution in [0.5, 0.6) is 69.0 Å². The summed E-state index contributed by atoms with van der Waals surface area (Å²) in [4.78, 5) is 94.3. The maximum absolute atomic E-state index is 12.1. The van der Waals surface area contributed by atoms with Crippen LogP contribution in [0.25, 0.3) is 54.8 Å². The summed E-state index contributed by atoms with van der Waals surface area (Å²) in [6, 6.07) is 66.3. The van der Waals surface area contributed by atoms with Crippen LogP contribution in [0.4, 0.5) is 56.9 Å². The number of anilines is 10. The first-order valence-corrected chi connectivity index (χ1v) is 41.4. The number of hydrogen-bond acceptors (Lipinski definition) is 31. The van der Waals surface area contributed by atoms with Crippen LogP contribution >= 0.6 is 0 Å². The van der Waals surface area contributed by atoms with E-state index in [0.717, 1.165) is 75.0 Å². The fourth-order valence-corrected chi connectivity index (χ4v) is 14.5. The molecule has 0 atom stereocenters. The number of esters is 2. The van der Waals surface area contributed by atoms with Gasteiger partial charge in [-0.25, -0.2) is 28.8 Å². The Morgan fingerprint density at radius 1 is 0.344 bits per heavy atom. The van der Waals surface area contributed by atoms with Crippen LogP contribution in [0, 0.1) is 0 Å². The molecule has 5 aromatic heterocycles. The van der Waals surface area contributed by atoms with Crippen molar-refractivity contribution < 1.29 is 94.0 Å². The van der Waals surface area contributed by atoms with Gasteiger partial charge in [0.1, 0.15) is 46.0 Å². The Morgan fingerprint density at radius 2 is 0.656 bits per heavy atom. The smallest absolute Gasteiger partial charge is 0.344 e. The highest BCUT2D eigenvalue weighted by Crippen LogP contribution is 2.43. The van der Waals surface area contributed by atoms with Crippen molar-refractivity contribution in [3.05, 3.63) is 283 Å². The van der Waals surface area contributed by atoms with E-state index in [1.165, 1.54) is 85.0 Å². The zero-order valence-electron chi connectivity index (χ0n) is 74.8. The molecule has 16 rings (SSSR count). The van der Waals surface area contributed by atoms with Gasteiger partial charge in [0.15, 0.2) is 64.1 Å². The van der Waals surface area contributed by atoms with Crippen molar-refractivity contribution in [3.8, 4) is 69.0 Å². The number of methoxy groups -OCH3 is 7. The number of rotatable bonds is 26. The average molecular weight is 1790 g/mol. The molecule has 0 bridgehead atoms. The second kappa shape index (κ2) is 43.9. The lowest BCUT2D eigenvalue weighted by Crippen LogP contribution is -2.33. The van der Waals surface area contributed by atoms with Crippen LogP contribution in [0.3, 0.4) is 0 Å². The molecular weight excluding hydrogens is 1690 g/mol. The molecule has 15 aromatic rings. The molecule has 2 N–H and O–H groups in total. The Bertz CT molecular complexity index is 6880. The minimum atomic E-state index is -0.482. The van der Waals surface area contributed by atoms with Crippen molar-refractivity contribution in [2.45, 2.75) is 33.1 Å². The van der Waals surface area contributed by atoms with E-state index in [1.54, 1.807) is 143 Å². The van der Waals surface area contributed by atoms with Crippen LogP contribution in [-0.2, 0) is 14.3 Å². The lowest BCUT2D eigenvalue weighted by atomic mass is 10.1. The van der Waals surface area contributed by atoms with E-state index in [2.05, 4.69) is 4.90 Å². The third kappa shape index (κ3) is 23.2. The largest absolute Gasteiger partial charge is 0.504 e. The molecule has 6 heterocycles. The molecule has 0 unspecified atom stereocenters. The molecule has 1 saturated heterocycles. The maximum atomic E-state index is 12.1. The van der Waals surface area contributed by atoms with Crippen LogP contribution in [-0.4, -0.2) is 152 Å². The fourth-order valence-electron chi connectivity index (χ4n) is 14.5. The quantitative estimate of drug-likeness (QED) is 0.0289. The van der Waals surface area contributed by atoms with Crippen LogP contribution in [0.15, 0.2) is 277 Å². The number of carbonyl (C=O) groups excluding carboxylic acids is 2. The number of para-hydroxylation sites is 3. The molecule has 1 aliphatic rings. The second-order valence-corrected chi connectivity index (χ2v) is 29.4. The SMILES string of the molecule is CCOC(=O)COc1cc(N(C)c2cc(=O)oc3cc(OC)ccc23)ccc1OC.COc1ccc(N(C)c2cc(=O)oc3ccccc23)cc1O.COc1ccc(N(C)c2cc(=O)oc3ccccc23)cc1OC(C)=O.COc1ccc(N(C)c2cc(=O)oc3ccccc23)cc1OCCN1CCCCC1.COc1ccc2c(N(C)c3ccc(OC)c(O)c3)cc(=O)oc2c1. The number of ether oxygens (including phenoxy) is 11. The van der Waals surface area contributed by atoms with E-state index in [1.807, 2.05) is 145 Å². The number of fused-ring (bicyclic) bond motifs is 5. The van der Waals surface area contributed by atoms with Gasteiger partial charge < -0.3 is 109 Å². The Kier molecular flexibility index (Phi) is 31.5. The van der Waals surface area contributed by atoms with E-state index < -0.39 is 34.4 Å². The monoisotopic (exact) mass is 1780 g/mol. The maximum Gasteiger partial charge on any atom is 0.344 e. The second-order valence-electron chi connectivity index (χ2n) is 29.4. The number of carbonyl (C=O) groups is 2. The summed E-state index contributed by atoms with van der Waals surface area (Å²) in [6.45, 7) is 6.90. The highest BCUT2D eigenvalue weighted by atomic mass is 16.6. The molecule has 1 aliphatic heterocycles. The number of benzene rings is 10. The molecule has 1 fully saturated rings. The highest BCUT2D eigenvalue weighted by Gasteiger charge is 2.23. The molecule has 31 nitrogen and oxygen atoms in total. The lowest BCUT2D eigenvalue weighted by Gasteiger charge is -2.26. The average Bonchev–Trinajstić information content (AvgIpc) is 0.763. The van der Waals surface area contributed by atoms with Crippen molar-refractivity contribution in [1.29, 1.82) is 0 Å². The number of likely N-dealkylation sites (tertiary alicyclic amines) is 1. The molecule has 0 saturated carbocycles. The number of hydrogen-bond donors (Lipinski definition) is 2. The normalized spacial score (nSPS) is 11.5. The Morgan fingerprint density at radius 3 is 0.992 bits per heavy atom. The van der Waals surface area contributed by atoms with Crippen LogP contribution in [0.1, 0.15) is 33.1 Å². The highest BCUT2D eigenvalue weighted by molar-refractivity contribution is 5.97. The molecule has 0 spiro atoms. The van der Waals surface area contributed by atoms with Gasteiger partial charge in [-0.3, -0.25) is 9.69 Å². The predicted molar refractivity (Wildman–Crippen MR) is 503 cm³/mol. The first kappa shape index (κ1) is 94.1. The van der Waals surface area contributed by atoms with Gasteiger partial charge in [-0.1, -0.05) is 42.8 Å². The summed E-state index contributed by atoms with van der Waals surface area (Å²) in [7, 11) is 19.9. The van der Waals surface area contributed by atoms with Gasteiger partial charge in [0.05, 0.1) is 84.8 Å². The van der Waals surface area contributed by atoms with Gasteiger partial charge in [0, 0.05) is 177 Å². The van der Waals surface area contributed by atoms with Crippen molar-refractivity contribution in [1.82, 2.24) is 4.90 Å². The molecule has 131 heavy (non-hydrogen) atoms. The molecule has 0 aliphatic carbocycles. The molecule has 680 valence electrons. The minimum Gasteiger partial charge on any atom is -0.504 e. The van der Waals surface area contributed by atoms with Crippen molar-refractivity contribution in [2.75, 3.05) is 149 Å². The third-order valence-electron chi connectivity index (χ3n) is 21.3. The summed E-state index contributed by atoms with van der Waals surface area (Å²) in [5.41, 5.74) is 7.54. The topological polar surface area (TPSA) is 347 Å². The number of nitrogens with zero attached hydrogens (tertiary/aromatic N) is 6. The Labute approximate surface area is 752 Å². The van der Waals surface area contributed by atoms with E-state index in [0.29, 0.717) is 120 Å². The van der Waals surface area contributed by atoms with Gasteiger partial charge >= 0.3 is 40.1 Å². The van der Waals surface area contributed by atoms with Gasteiger partial charge in [0.2, 0.25) is 0 Å². The van der Waals surface area contributed by atoms with E-state index >= 15 is 0 Å². The number of piperidine rings is 1.